The van der Waals surface area contributed by atoms with E-state index in [1.807, 2.05) is 6.07 Å². The van der Waals surface area contributed by atoms with Gasteiger partial charge in [-0.3, -0.25) is 19.0 Å². The zero-order valence-corrected chi connectivity index (χ0v) is 17.7. The molecule has 0 saturated carbocycles. The maximum atomic E-state index is 12.7. The number of phosphoric acid groups is 1. The molecule has 0 aliphatic heterocycles. The van der Waals surface area contributed by atoms with E-state index in [0.29, 0.717) is 27.6 Å². The third-order valence-corrected chi connectivity index (χ3v) is 5.30. The number of amides is 1. The summed E-state index contributed by atoms with van der Waals surface area (Å²) in [7, 11) is -2.85. The Morgan fingerprint density at radius 1 is 1.32 bits per heavy atom. The maximum absolute atomic E-state index is 12.7. The number of phosphoric ester groups is 1. The summed E-state index contributed by atoms with van der Waals surface area (Å²) in [6.07, 6.45) is 6.30. The van der Waals surface area contributed by atoms with Crippen molar-refractivity contribution in [2.24, 2.45) is 7.05 Å². The summed E-state index contributed by atoms with van der Waals surface area (Å²) in [5.41, 5.74) is 2.45. The SMILES string of the molecule is Cn1cc(NC(=O)c2csc(-c3cnn(COP(=O)(O)O)c3)n2)c(-c2ccccn2)n1. The molecule has 160 valence electrons. The van der Waals surface area contributed by atoms with Gasteiger partial charge in [-0.1, -0.05) is 6.07 Å². The van der Waals surface area contributed by atoms with E-state index in [-0.39, 0.29) is 5.69 Å². The molecule has 0 spiro atoms. The highest BCUT2D eigenvalue weighted by Gasteiger charge is 2.18. The van der Waals surface area contributed by atoms with E-state index >= 15 is 0 Å². The first kappa shape index (κ1) is 21.0. The van der Waals surface area contributed by atoms with Crippen molar-refractivity contribution >= 4 is 30.8 Å². The second-order valence-electron chi connectivity index (χ2n) is 6.29. The molecule has 0 fully saturated rings. The average molecular weight is 461 g/mol. The number of aromatic nitrogens is 6. The minimum atomic E-state index is -4.60. The van der Waals surface area contributed by atoms with Crippen molar-refractivity contribution in [3.63, 3.8) is 0 Å². The molecular weight excluding hydrogens is 445 g/mol. The fraction of sp³-hybridized carbons (Fsp3) is 0.118. The molecule has 3 N–H and O–H groups in total. The van der Waals surface area contributed by atoms with Gasteiger partial charge in [0.2, 0.25) is 0 Å². The molecule has 4 rings (SSSR count). The molecule has 4 aromatic rings. The van der Waals surface area contributed by atoms with Crippen LogP contribution in [0.5, 0.6) is 0 Å². The van der Waals surface area contributed by atoms with Crippen LogP contribution < -0.4 is 5.32 Å². The zero-order valence-electron chi connectivity index (χ0n) is 16.0. The summed E-state index contributed by atoms with van der Waals surface area (Å²) in [6.45, 7) is -0.416. The molecule has 12 nitrogen and oxygen atoms in total. The quantitative estimate of drug-likeness (QED) is 0.351. The van der Waals surface area contributed by atoms with Crippen molar-refractivity contribution in [3.8, 4) is 22.0 Å². The fourth-order valence-electron chi connectivity index (χ4n) is 2.65. The fourth-order valence-corrected chi connectivity index (χ4v) is 3.69. The Labute approximate surface area is 179 Å². The smallest absolute Gasteiger partial charge is 0.317 e. The lowest BCUT2D eigenvalue weighted by atomic mass is 10.2. The van der Waals surface area contributed by atoms with E-state index in [1.54, 1.807) is 41.6 Å². The van der Waals surface area contributed by atoms with Crippen molar-refractivity contribution in [2.45, 2.75) is 6.73 Å². The van der Waals surface area contributed by atoms with Crippen LogP contribution in [0, 0.1) is 0 Å². The molecule has 0 atom stereocenters. The first-order valence-corrected chi connectivity index (χ1v) is 11.1. The summed E-state index contributed by atoms with van der Waals surface area (Å²) < 4.78 is 18.0. The van der Waals surface area contributed by atoms with Gasteiger partial charge in [0.25, 0.3) is 5.91 Å². The van der Waals surface area contributed by atoms with Crippen LogP contribution >= 0.6 is 19.2 Å². The molecule has 0 aromatic carbocycles. The number of hydrogen-bond acceptors (Lipinski definition) is 8. The van der Waals surface area contributed by atoms with E-state index in [0.717, 1.165) is 0 Å². The standard InChI is InChI=1S/C17H16N7O5PS/c1-23-8-13(15(22-23)12-4-2-3-5-18-12)20-16(25)14-9-31-17(21-14)11-6-19-24(7-11)10-29-30(26,27)28/h2-9H,10H2,1H3,(H,20,25)(H2,26,27,28). The van der Waals surface area contributed by atoms with E-state index in [2.05, 4.69) is 30.0 Å². The summed E-state index contributed by atoms with van der Waals surface area (Å²) in [5, 5.41) is 13.2. The Bertz CT molecular complexity index is 1260. The second-order valence-corrected chi connectivity index (χ2v) is 8.39. The van der Waals surface area contributed by atoms with Gasteiger partial charge in [-0.2, -0.15) is 10.2 Å². The van der Waals surface area contributed by atoms with Gasteiger partial charge in [0.15, 0.2) is 6.73 Å². The second kappa shape index (κ2) is 8.49. The lowest BCUT2D eigenvalue weighted by molar-refractivity contribution is 0.102. The molecule has 31 heavy (non-hydrogen) atoms. The molecule has 0 radical (unpaired) electrons. The van der Waals surface area contributed by atoms with Crippen LogP contribution in [0.2, 0.25) is 0 Å². The number of anilines is 1. The van der Waals surface area contributed by atoms with Gasteiger partial charge in [-0.25, -0.2) is 14.2 Å². The number of nitrogens with one attached hydrogen (secondary N) is 1. The largest absolute Gasteiger partial charge is 0.471 e. The molecule has 0 saturated heterocycles. The van der Waals surface area contributed by atoms with Crippen LogP contribution in [0.4, 0.5) is 5.69 Å². The predicted molar refractivity (Wildman–Crippen MR) is 111 cm³/mol. The maximum Gasteiger partial charge on any atom is 0.471 e. The minimum Gasteiger partial charge on any atom is -0.317 e. The Morgan fingerprint density at radius 3 is 2.90 bits per heavy atom. The first-order chi connectivity index (χ1) is 14.8. The van der Waals surface area contributed by atoms with Crippen molar-refractivity contribution in [1.82, 2.24) is 29.5 Å². The summed E-state index contributed by atoms with van der Waals surface area (Å²) in [6, 6.07) is 5.43. The molecule has 0 aliphatic carbocycles. The molecule has 0 bridgehead atoms. The zero-order chi connectivity index (χ0) is 22.0. The van der Waals surface area contributed by atoms with Gasteiger partial charge in [0.05, 0.1) is 17.6 Å². The van der Waals surface area contributed by atoms with Crippen molar-refractivity contribution in [1.29, 1.82) is 0 Å². The third-order valence-electron chi connectivity index (χ3n) is 3.96. The van der Waals surface area contributed by atoms with Crippen LogP contribution in [0.15, 0.2) is 48.4 Å². The number of carbonyl (C=O) groups is 1. The normalized spacial score (nSPS) is 11.6. The molecule has 1 amide bonds. The highest BCUT2D eigenvalue weighted by Crippen LogP contribution is 2.36. The van der Waals surface area contributed by atoms with E-state index in [1.165, 1.54) is 28.4 Å². The lowest BCUT2D eigenvalue weighted by Gasteiger charge is -2.04. The summed E-state index contributed by atoms with van der Waals surface area (Å²) in [5.74, 6) is -0.412. The predicted octanol–water partition coefficient (Wildman–Crippen LogP) is 2.12. The first-order valence-electron chi connectivity index (χ1n) is 8.73. The third kappa shape index (κ3) is 5.10. The Balaban J connectivity index is 1.49. The number of hydrogen-bond donors (Lipinski definition) is 3. The topological polar surface area (TPSA) is 157 Å². The van der Waals surface area contributed by atoms with Crippen molar-refractivity contribution in [2.75, 3.05) is 5.32 Å². The van der Waals surface area contributed by atoms with Crippen LogP contribution in [0.1, 0.15) is 10.5 Å². The van der Waals surface area contributed by atoms with Crippen LogP contribution in [-0.2, 0) is 22.9 Å². The molecule has 14 heteroatoms. The molecular formula is C17H16N7O5PS. The molecule has 4 heterocycles. The number of nitrogens with zero attached hydrogens (tertiary/aromatic N) is 6. The van der Waals surface area contributed by atoms with Gasteiger partial charge < -0.3 is 15.1 Å². The Kier molecular flexibility index (Phi) is 5.76. The van der Waals surface area contributed by atoms with Crippen LogP contribution in [-0.4, -0.2) is 45.2 Å². The summed E-state index contributed by atoms with van der Waals surface area (Å²) in [4.78, 5) is 38.8. The lowest BCUT2D eigenvalue weighted by Crippen LogP contribution is -2.12. The summed E-state index contributed by atoms with van der Waals surface area (Å²) >= 11 is 1.23. The molecule has 0 aliphatic rings. The van der Waals surface area contributed by atoms with Gasteiger partial charge in [0.1, 0.15) is 16.4 Å². The monoisotopic (exact) mass is 461 g/mol. The van der Waals surface area contributed by atoms with E-state index in [9.17, 15) is 9.36 Å². The van der Waals surface area contributed by atoms with Crippen LogP contribution in [0.25, 0.3) is 22.0 Å². The highest BCUT2D eigenvalue weighted by molar-refractivity contribution is 7.46. The number of thiazole rings is 1. The number of rotatable bonds is 7. The van der Waals surface area contributed by atoms with Gasteiger partial charge in [-0.15, -0.1) is 11.3 Å². The molecule has 0 unspecified atom stereocenters. The molecule has 4 aromatic heterocycles. The number of carbonyl (C=O) groups excluding carboxylic acids is 1. The van der Waals surface area contributed by atoms with Crippen molar-refractivity contribution < 1.29 is 23.7 Å². The highest BCUT2D eigenvalue weighted by atomic mass is 32.1. The Morgan fingerprint density at radius 2 is 2.16 bits per heavy atom. The number of pyridine rings is 1. The average Bonchev–Trinajstić information content (AvgIpc) is 3.46. The van der Waals surface area contributed by atoms with Gasteiger partial charge in [0, 0.05) is 36.6 Å². The Hall–Kier alpha value is -3.22. The van der Waals surface area contributed by atoms with Gasteiger partial charge in [-0.05, 0) is 12.1 Å². The van der Waals surface area contributed by atoms with Crippen molar-refractivity contribution in [3.05, 3.63) is 54.1 Å². The minimum absolute atomic E-state index is 0.204. The van der Waals surface area contributed by atoms with Crippen LogP contribution in [0.3, 0.4) is 0 Å². The van der Waals surface area contributed by atoms with E-state index in [4.69, 9.17) is 9.79 Å². The number of aryl methyl sites for hydroxylation is 1. The van der Waals surface area contributed by atoms with E-state index < -0.39 is 20.5 Å². The van der Waals surface area contributed by atoms with Gasteiger partial charge >= 0.3 is 7.82 Å².